The van der Waals surface area contributed by atoms with Gasteiger partial charge < -0.3 is 14.2 Å². The average molecular weight is 405 g/mol. The van der Waals surface area contributed by atoms with Gasteiger partial charge >= 0.3 is 11.9 Å². The van der Waals surface area contributed by atoms with Crippen molar-refractivity contribution in [3.63, 3.8) is 0 Å². The van der Waals surface area contributed by atoms with Crippen LogP contribution in [0.5, 0.6) is 5.75 Å². The summed E-state index contributed by atoms with van der Waals surface area (Å²) in [6.45, 7) is 9.29. The van der Waals surface area contributed by atoms with Gasteiger partial charge in [-0.1, -0.05) is 32.9 Å². The number of ether oxygens (including phenoxy) is 3. The first-order valence-corrected chi connectivity index (χ1v) is 10.5. The summed E-state index contributed by atoms with van der Waals surface area (Å²) in [6, 6.07) is 7.56. The van der Waals surface area contributed by atoms with Gasteiger partial charge in [-0.05, 0) is 68.7 Å². The lowest BCUT2D eigenvalue weighted by Gasteiger charge is -2.29. The summed E-state index contributed by atoms with van der Waals surface area (Å²) >= 11 is 0. The van der Waals surface area contributed by atoms with Gasteiger partial charge in [-0.15, -0.1) is 0 Å². The van der Waals surface area contributed by atoms with Crippen LogP contribution in [0.3, 0.4) is 0 Å². The zero-order valence-corrected chi connectivity index (χ0v) is 18.5. The van der Waals surface area contributed by atoms with E-state index in [-0.39, 0.29) is 17.9 Å². The summed E-state index contributed by atoms with van der Waals surface area (Å²) in [5.41, 5.74) is 0.521. The highest BCUT2D eigenvalue weighted by molar-refractivity contribution is 5.86. The molecule has 1 aromatic carbocycles. The Kier molecular flexibility index (Phi) is 11.1. The van der Waals surface area contributed by atoms with Crippen molar-refractivity contribution in [2.75, 3.05) is 20.3 Å². The molecule has 0 radical (unpaired) electrons. The summed E-state index contributed by atoms with van der Waals surface area (Å²) in [7, 11) is 1.35. The highest BCUT2D eigenvalue weighted by atomic mass is 16.5. The van der Waals surface area contributed by atoms with E-state index in [9.17, 15) is 9.59 Å². The molecule has 0 aliphatic carbocycles. The lowest BCUT2D eigenvalue weighted by molar-refractivity contribution is -0.158. The van der Waals surface area contributed by atoms with Gasteiger partial charge in [0.15, 0.2) is 0 Å². The van der Waals surface area contributed by atoms with Crippen LogP contribution in [-0.4, -0.2) is 32.3 Å². The Hall–Kier alpha value is -2.30. The normalized spacial score (nSPS) is 13.3. The molecule has 0 saturated heterocycles. The fourth-order valence-electron chi connectivity index (χ4n) is 2.77. The zero-order valence-electron chi connectivity index (χ0n) is 18.5. The maximum absolute atomic E-state index is 12.3. The second kappa shape index (κ2) is 13.0. The number of unbranched alkanes of at least 4 members (excludes halogenated alkanes) is 3. The minimum atomic E-state index is -0.390. The average Bonchev–Trinajstić information content (AvgIpc) is 2.73. The van der Waals surface area contributed by atoms with E-state index in [1.54, 1.807) is 6.08 Å². The Bertz CT molecular complexity index is 648. The predicted molar refractivity (Wildman–Crippen MR) is 116 cm³/mol. The monoisotopic (exact) mass is 404 g/mol. The molecule has 1 unspecified atom stereocenters. The predicted octanol–water partition coefficient (Wildman–Crippen LogP) is 5.43. The number of esters is 2. The van der Waals surface area contributed by atoms with E-state index in [0.717, 1.165) is 43.4 Å². The Labute approximate surface area is 175 Å². The SMILES string of the molecule is CCC(C)(C(=O)OCCCCCCOc1ccc(/C=C/C(=O)OC)cc1)C(C)C. The molecule has 29 heavy (non-hydrogen) atoms. The van der Waals surface area contributed by atoms with Gasteiger partial charge in [-0.2, -0.15) is 0 Å². The molecule has 0 saturated carbocycles. The van der Waals surface area contributed by atoms with Crippen molar-refractivity contribution >= 4 is 18.0 Å². The van der Waals surface area contributed by atoms with Crippen molar-refractivity contribution in [2.24, 2.45) is 11.3 Å². The first-order valence-electron chi connectivity index (χ1n) is 10.5. The number of hydrogen-bond donors (Lipinski definition) is 0. The summed E-state index contributed by atoms with van der Waals surface area (Å²) in [4.78, 5) is 23.4. The fraction of sp³-hybridized carbons (Fsp3) is 0.583. The second-order valence-electron chi connectivity index (χ2n) is 7.75. The van der Waals surface area contributed by atoms with Crippen LogP contribution in [0.2, 0.25) is 0 Å². The number of carbonyl (C=O) groups excluding carboxylic acids is 2. The summed E-state index contributed by atoms with van der Waals surface area (Å²) < 4.78 is 15.8. The Balaban J connectivity index is 2.16. The van der Waals surface area contributed by atoms with Crippen molar-refractivity contribution < 1.29 is 23.8 Å². The summed E-state index contributed by atoms with van der Waals surface area (Å²) in [5.74, 6) is 0.624. The van der Waals surface area contributed by atoms with E-state index in [1.807, 2.05) is 38.1 Å². The molecule has 0 bridgehead atoms. The molecule has 1 atom stereocenters. The summed E-state index contributed by atoms with van der Waals surface area (Å²) in [5, 5.41) is 0. The standard InChI is InChI=1S/C24H36O5/c1-6-24(4,19(2)3)23(26)29-18-10-8-7-9-17-28-21-14-11-20(12-15-21)13-16-22(25)27-5/h11-16,19H,6-10,17-18H2,1-5H3/b16-13+. The molecule has 1 rings (SSSR count). The lowest BCUT2D eigenvalue weighted by Crippen LogP contribution is -2.34. The number of carbonyl (C=O) groups is 2. The highest BCUT2D eigenvalue weighted by Crippen LogP contribution is 2.32. The van der Waals surface area contributed by atoms with Crippen molar-refractivity contribution in [1.82, 2.24) is 0 Å². The van der Waals surface area contributed by atoms with Gasteiger partial charge in [-0.3, -0.25) is 4.79 Å². The van der Waals surface area contributed by atoms with Gasteiger partial charge in [0.2, 0.25) is 0 Å². The van der Waals surface area contributed by atoms with E-state index in [2.05, 4.69) is 18.6 Å². The molecule has 0 fully saturated rings. The van der Waals surface area contributed by atoms with Crippen LogP contribution in [0.4, 0.5) is 0 Å². The van der Waals surface area contributed by atoms with Crippen LogP contribution >= 0.6 is 0 Å². The summed E-state index contributed by atoms with van der Waals surface area (Å²) in [6.07, 6.45) is 7.77. The van der Waals surface area contributed by atoms with Crippen molar-refractivity contribution in [3.05, 3.63) is 35.9 Å². The van der Waals surface area contributed by atoms with E-state index in [0.29, 0.717) is 13.2 Å². The molecule has 5 heteroatoms. The van der Waals surface area contributed by atoms with E-state index >= 15 is 0 Å². The third-order valence-electron chi connectivity index (χ3n) is 5.51. The molecule has 0 N–H and O–H groups in total. The van der Waals surface area contributed by atoms with Crippen molar-refractivity contribution in [2.45, 2.75) is 59.8 Å². The van der Waals surface area contributed by atoms with Gasteiger partial charge in [0, 0.05) is 6.08 Å². The molecule has 162 valence electrons. The quantitative estimate of drug-likeness (QED) is 0.249. The van der Waals surface area contributed by atoms with Gasteiger partial charge in [0.05, 0.1) is 25.7 Å². The van der Waals surface area contributed by atoms with Gasteiger partial charge in [0.25, 0.3) is 0 Å². The van der Waals surface area contributed by atoms with Gasteiger partial charge in [0.1, 0.15) is 5.75 Å². The third kappa shape index (κ3) is 8.71. The van der Waals surface area contributed by atoms with Crippen LogP contribution in [0.15, 0.2) is 30.3 Å². The molecule has 5 nitrogen and oxygen atoms in total. The van der Waals surface area contributed by atoms with E-state index in [4.69, 9.17) is 9.47 Å². The van der Waals surface area contributed by atoms with Crippen molar-refractivity contribution in [3.8, 4) is 5.75 Å². The molecule has 0 heterocycles. The number of methoxy groups -OCH3 is 1. The van der Waals surface area contributed by atoms with Crippen LogP contribution in [0.25, 0.3) is 6.08 Å². The first kappa shape index (κ1) is 24.7. The second-order valence-corrected chi connectivity index (χ2v) is 7.75. The van der Waals surface area contributed by atoms with Gasteiger partial charge in [-0.25, -0.2) is 4.79 Å². The fourth-order valence-corrected chi connectivity index (χ4v) is 2.77. The minimum Gasteiger partial charge on any atom is -0.494 e. The largest absolute Gasteiger partial charge is 0.494 e. The van der Waals surface area contributed by atoms with Crippen LogP contribution in [0, 0.1) is 11.3 Å². The van der Waals surface area contributed by atoms with Crippen LogP contribution in [-0.2, 0) is 19.1 Å². The molecule has 0 spiro atoms. The first-order chi connectivity index (χ1) is 13.8. The number of benzene rings is 1. The molecule has 0 amide bonds. The van der Waals surface area contributed by atoms with Crippen LogP contribution < -0.4 is 4.74 Å². The van der Waals surface area contributed by atoms with Crippen molar-refractivity contribution in [1.29, 1.82) is 0 Å². The smallest absolute Gasteiger partial charge is 0.330 e. The highest BCUT2D eigenvalue weighted by Gasteiger charge is 2.36. The Morgan fingerprint density at radius 1 is 1.03 bits per heavy atom. The maximum atomic E-state index is 12.3. The molecular formula is C24H36O5. The molecule has 1 aromatic rings. The lowest BCUT2D eigenvalue weighted by atomic mass is 9.77. The van der Waals surface area contributed by atoms with Crippen LogP contribution in [0.1, 0.15) is 65.4 Å². The molecule has 0 aromatic heterocycles. The molecule has 0 aliphatic heterocycles. The number of hydrogen-bond acceptors (Lipinski definition) is 5. The van der Waals surface area contributed by atoms with E-state index < -0.39 is 5.41 Å². The topological polar surface area (TPSA) is 61.8 Å². The molecule has 0 aliphatic rings. The minimum absolute atomic E-state index is 0.0804. The van der Waals surface area contributed by atoms with E-state index in [1.165, 1.54) is 13.2 Å². The number of rotatable bonds is 13. The maximum Gasteiger partial charge on any atom is 0.330 e. The Morgan fingerprint density at radius 2 is 1.66 bits per heavy atom. The Morgan fingerprint density at radius 3 is 2.21 bits per heavy atom. The third-order valence-corrected chi connectivity index (χ3v) is 5.51. The zero-order chi connectivity index (χ0) is 21.7. The molecular weight excluding hydrogens is 368 g/mol.